The summed E-state index contributed by atoms with van der Waals surface area (Å²) in [6.07, 6.45) is 0.662. The molecule has 6 heteroatoms. The summed E-state index contributed by atoms with van der Waals surface area (Å²) >= 11 is 1.71. The van der Waals surface area contributed by atoms with E-state index in [0.717, 1.165) is 23.5 Å². The minimum absolute atomic E-state index is 0.000667. The van der Waals surface area contributed by atoms with Crippen molar-refractivity contribution >= 4 is 23.2 Å². The average Bonchev–Trinajstić information content (AvgIpc) is 3.23. The van der Waals surface area contributed by atoms with Crippen molar-refractivity contribution in [3.8, 4) is 0 Å². The molecule has 3 rings (SSSR count). The molecule has 122 valence electrons. The van der Waals surface area contributed by atoms with E-state index in [9.17, 15) is 9.59 Å². The fraction of sp³-hybridized carbons (Fsp3) is 0.412. The fourth-order valence-corrected chi connectivity index (χ4v) is 3.86. The minimum Gasteiger partial charge on any atom is -0.369 e. The maximum absolute atomic E-state index is 12.8. The van der Waals surface area contributed by atoms with E-state index in [4.69, 9.17) is 5.73 Å². The van der Waals surface area contributed by atoms with E-state index >= 15 is 0 Å². The van der Waals surface area contributed by atoms with Gasteiger partial charge < -0.3 is 15.2 Å². The maximum Gasteiger partial charge on any atom is 0.255 e. The molecule has 2 N–H and O–H groups in total. The lowest BCUT2D eigenvalue weighted by Gasteiger charge is -2.16. The fourth-order valence-electron chi connectivity index (χ4n) is 3.17. The molecule has 0 bridgehead atoms. The average molecular weight is 331 g/mol. The zero-order valence-electron chi connectivity index (χ0n) is 13.4. The van der Waals surface area contributed by atoms with Crippen molar-refractivity contribution in [3.05, 3.63) is 45.4 Å². The Kier molecular flexibility index (Phi) is 4.26. The number of hydrogen-bond donors (Lipinski definition) is 1. The smallest absolute Gasteiger partial charge is 0.255 e. The van der Waals surface area contributed by atoms with Crippen LogP contribution in [0.1, 0.15) is 33.0 Å². The van der Waals surface area contributed by atoms with Gasteiger partial charge in [0.05, 0.1) is 18.0 Å². The molecule has 5 nitrogen and oxygen atoms in total. The van der Waals surface area contributed by atoms with E-state index < -0.39 is 0 Å². The normalized spacial score (nSPS) is 17.7. The second kappa shape index (κ2) is 6.20. The highest BCUT2D eigenvalue weighted by Crippen LogP contribution is 2.23. The standard InChI is InChI=1S/C17H21N3O2S/c1-11-8-15(12(2)20(11)10-14-4-3-7-23-14)17(22)19-6-5-13(9-19)16(18)21/h3-4,7-8,13H,5-6,9-10H2,1-2H3,(H2,18,21)/t13-/m0/s1. The highest BCUT2D eigenvalue weighted by molar-refractivity contribution is 7.09. The van der Waals surface area contributed by atoms with Crippen LogP contribution >= 0.6 is 11.3 Å². The molecule has 1 atom stereocenters. The van der Waals surface area contributed by atoms with Gasteiger partial charge in [0.2, 0.25) is 5.91 Å². The second-order valence-electron chi connectivity index (χ2n) is 6.09. The molecule has 2 aromatic heterocycles. The predicted octanol–water partition coefficient (Wildman–Crippen LogP) is 2.16. The lowest BCUT2D eigenvalue weighted by molar-refractivity contribution is -0.121. The number of hydrogen-bond acceptors (Lipinski definition) is 3. The van der Waals surface area contributed by atoms with Crippen LogP contribution in [-0.4, -0.2) is 34.4 Å². The van der Waals surface area contributed by atoms with E-state index in [1.54, 1.807) is 16.2 Å². The predicted molar refractivity (Wildman–Crippen MR) is 90.5 cm³/mol. The Bertz CT molecular complexity index is 733. The van der Waals surface area contributed by atoms with Gasteiger partial charge in [-0.05, 0) is 37.8 Å². The van der Waals surface area contributed by atoms with Gasteiger partial charge in [0, 0.05) is 29.4 Å². The van der Waals surface area contributed by atoms with Gasteiger partial charge in [0.25, 0.3) is 5.91 Å². The molecule has 3 heterocycles. The molecule has 0 spiro atoms. The third-order valence-corrected chi connectivity index (χ3v) is 5.44. The lowest BCUT2D eigenvalue weighted by Crippen LogP contribution is -2.32. The summed E-state index contributed by atoms with van der Waals surface area (Å²) in [7, 11) is 0. The molecule has 1 saturated heterocycles. The first-order chi connectivity index (χ1) is 11.0. The highest BCUT2D eigenvalue weighted by atomic mass is 32.1. The van der Waals surface area contributed by atoms with Crippen LogP contribution in [0, 0.1) is 19.8 Å². The number of rotatable bonds is 4. The zero-order valence-corrected chi connectivity index (χ0v) is 14.2. The molecule has 2 aromatic rings. The van der Waals surface area contributed by atoms with Crippen molar-refractivity contribution in [3.63, 3.8) is 0 Å². The monoisotopic (exact) mass is 331 g/mol. The number of nitrogens with two attached hydrogens (primary N) is 1. The van der Waals surface area contributed by atoms with E-state index in [0.29, 0.717) is 19.5 Å². The number of amides is 2. The SMILES string of the molecule is Cc1cc(C(=O)N2CC[C@H](C(N)=O)C2)c(C)n1Cc1cccs1. The molecule has 0 aliphatic carbocycles. The highest BCUT2D eigenvalue weighted by Gasteiger charge is 2.31. The van der Waals surface area contributed by atoms with Gasteiger partial charge in [0.1, 0.15) is 0 Å². The third-order valence-electron chi connectivity index (χ3n) is 4.58. The molecule has 1 aliphatic heterocycles. The number of carbonyl (C=O) groups is 2. The molecule has 23 heavy (non-hydrogen) atoms. The number of nitrogens with zero attached hydrogens (tertiary/aromatic N) is 2. The van der Waals surface area contributed by atoms with E-state index in [2.05, 4.69) is 16.0 Å². The minimum atomic E-state index is -0.316. The number of aromatic nitrogens is 1. The van der Waals surface area contributed by atoms with Crippen LogP contribution in [-0.2, 0) is 11.3 Å². The first-order valence-corrected chi connectivity index (χ1v) is 8.63. The number of primary amides is 1. The van der Waals surface area contributed by atoms with Gasteiger partial charge in [-0.3, -0.25) is 9.59 Å². The first kappa shape index (κ1) is 15.8. The summed E-state index contributed by atoms with van der Waals surface area (Å²) < 4.78 is 2.17. The van der Waals surface area contributed by atoms with Crippen LogP contribution < -0.4 is 5.73 Å². The van der Waals surface area contributed by atoms with Crippen LogP contribution in [0.25, 0.3) is 0 Å². The summed E-state index contributed by atoms with van der Waals surface area (Å²) in [5, 5.41) is 2.06. The topological polar surface area (TPSA) is 68.3 Å². The third kappa shape index (κ3) is 3.03. The summed E-state index contributed by atoms with van der Waals surface area (Å²) in [5.41, 5.74) is 8.13. The molecule has 2 amide bonds. The Balaban J connectivity index is 1.81. The van der Waals surface area contributed by atoms with Crippen molar-refractivity contribution in [1.29, 1.82) is 0 Å². The Morgan fingerprint density at radius 1 is 1.39 bits per heavy atom. The second-order valence-corrected chi connectivity index (χ2v) is 7.12. The van der Waals surface area contributed by atoms with Gasteiger partial charge in [0.15, 0.2) is 0 Å². The summed E-state index contributed by atoms with van der Waals surface area (Å²) in [5.74, 6) is -0.531. The number of aryl methyl sites for hydroxylation is 1. The first-order valence-electron chi connectivity index (χ1n) is 7.75. The van der Waals surface area contributed by atoms with Gasteiger partial charge in [-0.15, -0.1) is 11.3 Å². The van der Waals surface area contributed by atoms with Gasteiger partial charge in [-0.2, -0.15) is 0 Å². The zero-order chi connectivity index (χ0) is 16.6. The van der Waals surface area contributed by atoms with Crippen LogP contribution in [0.2, 0.25) is 0 Å². The van der Waals surface area contributed by atoms with Crippen LogP contribution in [0.5, 0.6) is 0 Å². The summed E-state index contributed by atoms with van der Waals surface area (Å²) in [6.45, 7) is 5.82. The van der Waals surface area contributed by atoms with E-state index in [1.165, 1.54) is 4.88 Å². The van der Waals surface area contributed by atoms with Crippen molar-refractivity contribution < 1.29 is 9.59 Å². The number of thiophene rings is 1. The van der Waals surface area contributed by atoms with Gasteiger partial charge in [-0.25, -0.2) is 0 Å². The van der Waals surface area contributed by atoms with Crippen molar-refractivity contribution in [1.82, 2.24) is 9.47 Å². The number of carbonyl (C=O) groups excluding carboxylic acids is 2. The van der Waals surface area contributed by atoms with Gasteiger partial charge in [-0.1, -0.05) is 6.07 Å². The van der Waals surface area contributed by atoms with Crippen molar-refractivity contribution in [2.75, 3.05) is 13.1 Å². The molecule has 0 saturated carbocycles. The molecule has 0 aromatic carbocycles. The molecule has 0 unspecified atom stereocenters. The summed E-state index contributed by atoms with van der Waals surface area (Å²) in [6, 6.07) is 6.08. The Hall–Kier alpha value is -2.08. The van der Waals surface area contributed by atoms with Crippen LogP contribution in [0.3, 0.4) is 0 Å². The molecule has 1 fully saturated rings. The van der Waals surface area contributed by atoms with E-state index in [1.807, 2.05) is 26.0 Å². The van der Waals surface area contributed by atoms with Crippen molar-refractivity contribution in [2.45, 2.75) is 26.8 Å². The van der Waals surface area contributed by atoms with Crippen LogP contribution in [0.15, 0.2) is 23.6 Å². The molecule has 0 radical (unpaired) electrons. The maximum atomic E-state index is 12.8. The largest absolute Gasteiger partial charge is 0.369 e. The van der Waals surface area contributed by atoms with Crippen molar-refractivity contribution in [2.24, 2.45) is 11.7 Å². The Labute approximate surface area is 139 Å². The van der Waals surface area contributed by atoms with E-state index in [-0.39, 0.29) is 17.7 Å². The van der Waals surface area contributed by atoms with Crippen LogP contribution in [0.4, 0.5) is 0 Å². The summed E-state index contributed by atoms with van der Waals surface area (Å²) in [4.78, 5) is 27.1. The molecular formula is C17H21N3O2S. The molecule has 1 aliphatic rings. The lowest BCUT2D eigenvalue weighted by atomic mass is 10.1. The Morgan fingerprint density at radius 2 is 2.17 bits per heavy atom. The number of likely N-dealkylation sites (tertiary alicyclic amines) is 1. The van der Waals surface area contributed by atoms with Gasteiger partial charge >= 0.3 is 0 Å². The molecular weight excluding hydrogens is 310 g/mol. The Morgan fingerprint density at radius 3 is 2.78 bits per heavy atom. The quantitative estimate of drug-likeness (QED) is 0.933.